The van der Waals surface area contributed by atoms with Crippen LogP contribution in [0.3, 0.4) is 0 Å². The van der Waals surface area contributed by atoms with E-state index in [0.717, 1.165) is 12.5 Å². The molecular weight excluding hydrogens is 240 g/mol. The van der Waals surface area contributed by atoms with Gasteiger partial charge in [-0.1, -0.05) is 5.16 Å². The van der Waals surface area contributed by atoms with E-state index in [-0.39, 0.29) is 5.84 Å². The monoisotopic (exact) mass is 257 g/mol. The van der Waals surface area contributed by atoms with Gasteiger partial charge in [-0.2, -0.15) is 0 Å². The molecule has 0 fully saturated rings. The van der Waals surface area contributed by atoms with Crippen LogP contribution in [0.2, 0.25) is 0 Å². The third kappa shape index (κ3) is 5.58. The number of rotatable bonds is 7. The standard InChI is InChI=1S/C12H17F2N3O/c13-10-6-9(7-11(14)8-10)3-5-16-4-1-2-12(15)17-18/h6-8,16,18H,1-5H2,(H2,15,17). The molecule has 1 aromatic rings. The van der Waals surface area contributed by atoms with Crippen molar-refractivity contribution >= 4 is 5.84 Å². The van der Waals surface area contributed by atoms with Crippen molar-refractivity contribution in [2.45, 2.75) is 19.3 Å². The Balaban J connectivity index is 2.18. The molecule has 0 unspecified atom stereocenters. The fourth-order valence-electron chi connectivity index (χ4n) is 1.56. The molecule has 6 heteroatoms. The lowest BCUT2D eigenvalue weighted by atomic mass is 10.1. The largest absolute Gasteiger partial charge is 0.409 e. The van der Waals surface area contributed by atoms with Gasteiger partial charge in [0, 0.05) is 12.5 Å². The SMILES string of the molecule is NC(CCCNCCc1cc(F)cc(F)c1)=NO. The summed E-state index contributed by atoms with van der Waals surface area (Å²) in [5, 5.41) is 14.3. The highest BCUT2D eigenvalue weighted by Crippen LogP contribution is 2.07. The molecule has 0 radical (unpaired) electrons. The molecule has 18 heavy (non-hydrogen) atoms. The molecule has 0 atom stereocenters. The van der Waals surface area contributed by atoms with Gasteiger partial charge in [-0.05, 0) is 43.6 Å². The Bertz CT molecular complexity index is 390. The summed E-state index contributed by atoms with van der Waals surface area (Å²) >= 11 is 0. The molecule has 4 N–H and O–H groups in total. The van der Waals surface area contributed by atoms with Crippen LogP contribution >= 0.6 is 0 Å². The normalized spacial score (nSPS) is 11.8. The second kappa shape index (κ2) is 7.60. The van der Waals surface area contributed by atoms with E-state index < -0.39 is 11.6 Å². The first-order chi connectivity index (χ1) is 8.61. The highest BCUT2D eigenvalue weighted by molar-refractivity contribution is 5.79. The van der Waals surface area contributed by atoms with Crippen molar-refractivity contribution in [1.29, 1.82) is 0 Å². The van der Waals surface area contributed by atoms with Gasteiger partial charge in [-0.3, -0.25) is 0 Å². The van der Waals surface area contributed by atoms with Crippen molar-refractivity contribution in [1.82, 2.24) is 5.32 Å². The molecule has 0 aromatic heterocycles. The van der Waals surface area contributed by atoms with Crippen molar-refractivity contribution < 1.29 is 14.0 Å². The Morgan fingerprint density at radius 1 is 1.22 bits per heavy atom. The highest BCUT2D eigenvalue weighted by Gasteiger charge is 2.00. The van der Waals surface area contributed by atoms with E-state index in [1.807, 2.05) is 0 Å². The third-order valence-corrected chi connectivity index (χ3v) is 2.43. The van der Waals surface area contributed by atoms with E-state index in [9.17, 15) is 8.78 Å². The summed E-state index contributed by atoms with van der Waals surface area (Å²) in [6.45, 7) is 1.33. The van der Waals surface area contributed by atoms with Gasteiger partial charge >= 0.3 is 0 Å². The van der Waals surface area contributed by atoms with Crippen LogP contribution in [0.5, 0.6) is 0 Å². The molecule has 0 amide bonds. The summed E-state index contributed by atoms with van der Waals surface area (Å²) < 4.78 is 25.7. The lowest BCUT2D eigenvalue weighted by Crippen LogP contribution is -2.21. The van der Waals surface area contributed by atoms with E-state index in [2.05, 4.69) is 10.5 Å². The van der Waals surface area contributed by atoms with Gasteiger partial charge < -0.3 is 16.3 Å². The molecule has 100 valence electrons. The Kier molecular flexibility index (Phi) is 6.07. The van der Waals surface area contributed by atoms with Gasteiger partial charge in [-0.15, -0.1) is 0 Å². The molecule has 0 heterocycles. The minimum atomic E-state index is -0.558. The minimum absolute atomic E-state index is 0.198. The quantitative estimate of drug-likeness (QED) is 0.228. The van der Waals surface area contributed by atoms with E-state index >= 15 is 0 Å². The van der Waals surface area contributed by atoms with Crippen molar-refractivity contribution in [3.63, 3.8) is 0 Å². The summed E-state index contributed by atoms with van der Waals surface area (Å²) in [6.07, 6.45) is 1.81. The van der Waals surface area contributed by atoms with Crippen molar-refractivity contribution in [2.75, 3.05) is 13.1 Å². The first-order valence-electron chi connectivity index (χ1n) is 5.74. The van der Waals surface area contributed by atoms with E-state index in [1.165, 1.54) is 12.1 Å². The second-order valence-corrected chi connectivity index (χ2v) is 3.97. The van der Waals surface area contributed by atoms with E-state index in [1.54, 1.807) is 0 Å². The topological polar surface area (TPSA) is 70.6 Å². The highest BCUT2D eigenvalue weighted by atomic mass is 19.1. The maximum absolute atomic E-state index is 12.9. The van der Waals surface area contributed by atoms with Gasteiger partial charge in [0.1, 0.15) is 17.5 Å². The molecule has 1 rings (SSSR count). The molecule has 4 nitrogen and oxygen atoms in total. The maximum Gasteiger partial charge on any atom is 0.139 e. The van der Waals surface area contributed by atoms with Crippen molar-refractivity contribution in [3.05, 3.63) is 35.4 Å². The van der Waals surface area contributed by atoms with Crippen molar-refractivity contribution in [2.24, 2.45) is 10.9 Å². The predicted molar refractivity (Wildman–Crippen MR) is 65.6 cm³/mol. The number of oxime groups is 1. The Morgan fingerprint density at radius 2 is 1.89 bits per heavy atom. The summed E-state index contributed by atoms with van der Waals surface area (Å²) in [4.78, 5) is 0. The van der Waals surface area contributed by atoms with Crippen LogP contribution in [-0.4, -0.2) is 24.1 Å². The fraction of sp³-hybridized carbons (Fsp3) is 0.417. The Hall–Kier alpha value is -1.69. The summed E-state index contributed by atoms with van der Waals surface area (Å²) in [5.74, 6) is -0.919. The zero-order valence-corrected chi connectivity index (χ0v) is 10.00. The van der Waals surface area contributed by atoms with Gasteiger partial charge in [-0.25, -0.2) is 8.78 Å². The van der Waals surface area contributed by atoms with Gasteiger partial charge in [0.2, 0.25) is 0 Å². The number of nitrogens with zero attached hydrogens (tertiary/aromatic N) is 1. The first kappa shape index (κ1) is 14.4. The van der Waals surface area contributed by atoms with Crippen LogP contribution in [0.4, 0.5) is 8.78 Å². The molecular formula is C12H17F2N3O. The molecule has 0 aliphatic carbocycles. The zero-order valence-electron chi connectivity index (χ0n) is 10.00. The van der Waals surface area contributed by atoms with E-state index in [4.69, 9.17) is 10.9 Å². The first-order valence-corrected chi connectivity index (χ1v) is 5.74. The second-order valence-electron chi connectivity index (χ2n) is 3.97. The number of nitrogens with two attached hydrogens (primary N) is 1. The van der Waals surface area contributed by atoms with Gasteiger partial charge in [0.05, 0.1) is 0 Å². The number of hydrogen-bond donors (Lipinski definition) is 3. The Morgan fingerprint density at radius 3 is 2.50 bits per heavy atom. The lowest BCUT2D eigenvalue weighted by Gasteiger charge is -2.05. The van der Waals surface area contributed by atoms with Gasteiger partial charge in [0.15, 0.2) is 0 Å². The molecule has 0 bridgehead atoms. The zero-order chi connectivity index (χ0) is 13.4. The third-order valence-electron chi connectivity index (χ3n) is 2.43. The van der Waals surface area contributed by atoms with Crippen LogP contribution in [0.15, 0.2) is 23.4 Å². The maximum atomic E-state index is 12.9. The molecule has 0 aliphatic rings. The summed E-state index contributed by atoms with van der Waals surface area (Å²) in [7, 11) is 0. The van der Waals surface area contributed by atoms with Gasteiger partial charge in [0.25, 0.3) is 0 Å². The van der Waals surface area contributed by atoms with Crippen LogP contribution < -0.4 is 11.1 Å². The summed E-state index contributed by atoms with van der Waals surface area (Å²) in [5.41, 5.74) is 5.92. The number of halogens is 2. The molecule has 0 aliphatic heterocycles. The van der Waals surface area contributed by atoms with E-state index in [0.29, 0.717) is 31.5 Å². The molecule has 0 saturated heterocycles. The number of hydrogen-bond acceptors (Lipinski definition) is 3. The number of amidine groups is 1. The van der Waals surface area contributed by atoms with Crippen LogP contribution in [0.25, 0.3) is 0 Å². The Labute approximate surface area is 104 Å². The van der Waals surface area contributed by atoms with Crippen LogP contribution in [0, 0.1) is 11.6 Å². The summed E-state index contributed by atoms with van der Waals surface area (Å²) in [6, 6.07) is 3.50. The number of nitrogens with one attached hydrogen (secondary N) is 1. The van der Waals surface area contributed by atoms with Crippen LogP contribution in [-0.2, 0) is 6.42 Å². The average molecular weight is 257 g/mol. The molecule has 1 aromatic carbocycles. The van der Waals surface area contributed by atoms with Crippen LogP contribution in [0.1, 0.15) is 18.4 Å². The average Bonchev–Trinajstić information content (AvgIpc) is 2.32. The number of benzene rings is 1. The molecule has 0 saturated carbocycles. The minimum Gasteiger partial charge on any atom is -0.409 e. The van der Waals surface area contributed by atoms with Crippen molar-refractivity contribution in [3.8, 4) is 0 Å². The smallest absolute Gasteiger partial charge is 0.139 e. The fourth-order valence-corrected chi connectivity index (χ4v) is 1.56. The predicted octanol–water partition coefficient (Wildman–Crippen LogP) is 1.62. The molecule has 0 spiro atoms. The lowest BCUT2D eigenvalue weighted by molar-refractivity contribution is 0.316.